The van der Waals surface area contributed by atoms with Crippen LogP contribution in [0.25, 0.3) is 0 Å². The van der Waals surface area contributed by atoms with Crippen LogP contribution >= 0.6 is 0 Å². The first-order chi connectivity index (χ1) is 9.96. The van der Waals surface area contributed by atoms with Gasteiger partial charge in [-0.1, -0.05) is 0 Å². The molecule has 0 aliphatic heterocycles. The number of hydrogen-bond donors (Lipinski definition) is 2. The molecular weight excluding hydrogens is 256 g/mol. The Balaban J connectivity index is 1.75. The third-order valence-corrected chi connectivity index (χ3v) is 5.41. The van der Waals surface area contributed by atoms with Crippen molar-refractivity contribution in [2.45, 2.75) is 39.5 Å². The van der Waals surface area contributed by atoms with Gasteiger partial charge in [0.15, 0.2) is 0 Å². The summed E-state index contributed by atoms with van der Waals surface area (Å²) in [6.07, 6.45) is 4.68. The molecule has 0 aromatic heterocycles. The molecule has 2 heteroatoms. The predicted octanol–water partition coefficient (Wildman–Crippen LogP) is 3.35. The van der Waals surface area contributed by atoms with Crippen LogP contribution in [0.3, 0.4) is 0 Å². The van der Waals surface area contributed by atoms with Gasteiger partial charge in [-0.15, -0.1) is 0 Å². The first-order valence-corrected chi connectivity index (χ1v) is 7.72. The van der Waals surface area contributed by atoms with Crippen LogP contribution in [-0.4, -0.2) is 0 Å². The van der Waals surface area contributed by atoms with Gasteiger partial charge in [-0.2, -0.15) is 0 Å². The van der Waals surface area contributed by atoms with Crippen LogP contribution in [0.1, 0.15) is 33.4 Å². The second kappa shape index (κ2) is 4.03. The molecule has 0 bridgehead atoms. The zero-order chi connectivity index (χ0) is 14.8. The molecule has 2 aromatic rings. The summed E-state index contributed by atoms with van der Waals surface area (Å²) in [4.78, 5) is 0. The summed E-state index contributed by atoms with van der Waals surface area (Å²) >= 11 is 0. The van der Waals surface area contributed by atoms with Crippen LogP contribution in [0, 0.1) is 19.3 Å². The van der Waals surface area contributed by atoms with Gasteiger partial charge >= 0.3 is 0 Å². The van der Waals surface area contributed by atoms with Crippen molar-refractivity contribution in [1.82, 2.24) is 0 Å². The molecule has 4 N–H and O–H groups in total. The normalized spacial score (nSPS) is 18.0. The minimum atomic E-state index is 0.363. The molecule has 4 rings (SSSR count). The van der Waals surface area contributed by atoms with E-state index >= 15 is 0 Å². The van der Waals surface area contributed by atoms with E-state index < -0.39 is 0 Å². The molecule has 1 spiro atoms. The van der Waals surface area contributed by atoms with Gasteiger partial charge in [-0.25, -0.2) is 0 Å². The second-order valence-corrected chi connectivity index (χ2v) is 7.16. The molecule has 108 valence electrons. The van der Waals surface area contributed by atoms with Crippen molar-refractivity contribution in [3.63, 3.8) is 0 Å². The zero-order valence-corrected chi connectivity index (χ0v) is 12.8. The average molecular weight is 278 g/mol. The smallest absolute Gasteiger partial charge is 0.0319 e. The number of rotatable bonds is 0. The molecule has 0 radical (unpaired) electrons. The Labute approximate surface area is 126 Å². The van der Waals surface area contributed by atoms with Crippen LogP contribution in [0.2, 0.25) is 0 Å². The first kappa shape index (κ1) is 12.8. The monoisotopic (exact) mass is 278 g/mol. The van der Waals surface area contributed by atoms with Gasteiger partial charge in [-0.3, -0.25) is 0 Å². The van der Waals surface area contributed by atoms with Crippen LogP contribution in [0.4, 0.5) is 11.4 Å². The molecule has 0 heterocycles. The first-order valence-electron chi connectivity index (χ1n) is 7.72. The van der Waals surface area contributed by atoms with E-state index in [1.165, 1.54) is 46.2 Å². The van der Waals surface area contributed by atoms with Crippen molar-refractivity contribution < 1.29 is 0 Å². The third-order valence-electron chi connectivity index (χ3n) is 5.41. The Morgan fingerprint density at radius 1 is 0.714 bits per heavy atom. The SMILES string of the molecule is Cc1cc(N)cc2c1CC1(C2)Cc2cc(N)cc(C)c2C1. The van der Waals surface area contributed by atoms with Gasteiger partial charge in [0.1, 0.15) is 0 Å². The molecule has 0 atom stereocenters. The summed E-state index contributed by atoms with van der Waals surface area (Å²) in [5.41, 5.74) is 22.9. The maximum atomic E-state index is 6.03. The fourth-order valence-corrected chi connectivity index (χ4v) is 4.60. The highest BCUT2D eigenvalue weighted by atomic mass is 14.6. The van der Waals surface area contributed by atoms with Crippen molar-refractivity contribution >= 4 is 11.4 Å². The molecular formula is C19H22N2. The highest BCUT2D eigenvalue weighted by Crippen LogP contribution is 2.49. The van der Waals surface area contributed by atoms with Crippen molar-refractivity contribution in [2.24, 2.45) is 5.41 Å². The van der Waals surface area contributed by atoms with Gasteiger partial charge in [0.05, 0.1) is 0 Å². The summed E-state index contributed by atoms with van der Waals surface area (Å²) in [5, 5.41) is 0. The molecule has 2 aliphatic carbocycles. The fraction of sp³-hybridized carbons (Fsp3) is 0.368. The van der Waals surface area contributed by atoms with E-state index in [-0.39, 0.29) is 0 Å². The van der Waals surface area contributed by atoms with Gasteiger partial charge in [0.2, 0.25) is 0 Å². The molecule has 0 saturated carbocycles. The van der Waals surface area contributed by atoms with E-state index in [1.54, 1.807) is 0 Å². The van der Waals surface area contributed by atoms with Crippen molar-refractivity contribution in [3.8, 4) is 0 Å². The number of benzene rings is 2. The number of nitrogens with two attached hydrogens (primary N) is 2. The Hall–Kier alpha value is -1.96. The maximum absolute atomic E-state index is 6.03. The van der Waals surface area contributed by atoms with Crippen molar-refractivity contribution in [3.05, 3.63) is 57.6 Å². The van der Waals surface area contributed by atoms with Crippen LogP contribution < -0.4 is 11.5 Å². The second-order valence-electron chi connectivity index (χ2n) is 7.16. The lowest BCUT2D eigenvalue weighted by Gasteiger charge is -2.22. The molecule has 21 heavy (non-hydrogen) atoms. The van der Waals surface area contributed by atoms with Gasteiger partial charge in [0, 0.05) is 11.4 Å². The highest BCUT2D eigenvalue weighted by Gasteiger charge is 2.43. The maximum Gasteiger partial charge on any atom is 0.0319 e. The number of hydrogen-bond acceptors (Lipinski definition) is 2. The largest absolute Gasteiger partial charge is 0.399 e. The predicted molar refractivity (Wildman–Crippen MR) is 88.4 cm³/mol. The minimum Gasteiger partial charge on any atom is -0.399 e. The molecule has 2 nitrogen and oxygen atoms in total. The minimum absolute atomic E-state index is 0.363. The summed E-state index contributed by atoms with van der Waals surface area (Å²) in [7, 11) is 0. The standard InChI is InChI=1S/C19H22N2/c1-11-3-15(20)5-13-7-19(9-17(11)13)8-14-6-16(21)4-12(2)18(14)10-19/h3-6H,7-10,20-21H2,1-2H3. The molecule has 0 saturated heterocycles. The Morgan fingerprint density at radius 2 is 1.14 bits per heavy atom. The summed E-state index contributed by atoms with van der Waals surface area (Å²) in [5.74, 6) is 0. The van der Waals surface area contributed by atoms with E-state index in [1.807, 2.05) is 0 Å². The molecule has 0 fully saturated rings. The third kappa shape index (κ3) is 1.85. The van der Waals surface area contributed by atoms with Gasteiger partial charge in [0.25, 0.3) is 0 Å². The highest BCUT2D eigenvalue weighted by molar-refractivity contribution is 5.56. The molecule has 2 aromatic carbocycles. The van der Waals surface area contributed by atoms with Gasteiger partial charge in [-0.05, 0) is 103 Å². The van der Waals surface area contributed by atoms with Gasteiger partial charge < -0.3 is 11.5 Å². The zero-order valence-electron chi connectivity index (χ0n) is 12.8. The molecule has 0 unspecified atom stereocenters. The molecule has 0 amide bonds. The number of aryl methyl sites for hydroxylation is 2. The molecule has 2 aliphatic rings. The van der Waals surface area contributed by atoms with Crippen LogP contribution in [0.15, 0.2) is 24.3 Å². The van der Waals surface area contributed by atoms with E-state index in [0.717, 1.165) is 24.2 Å². The van der Waals surface area contributed by atoms with E-state index in [9.17, 15) is 0 Å². The Morgan fingerprint density at radius 3 is 1.57 bits per heavy atom. The van der Waals surface area contributed by atoms with Crippen LogP contribution in [-0.2, 0) is 25.7 Å². The lowest BCUT2D eigenvalue weighted by atomic mass is 9.81. The van der Waals surface area contributed by atoms with E-state index in [0.29, 0.717) is 5.41 Å². The lowest BCUT2D eigenvalue weighted by Crippen LogP contribution is -2.21. The number of anilines is 2. The Kier molecular flexibility index (Phi) is 2.45. The topological polar surface area (TPSA) is 52.0 Å². The number of fused-ring (bicyclic) bond motifs is 2. The van der Waals surface area contributed by atoms with Crippen LogP contribution in [0.5, 0.6) is 0 Å². The lowest BCUT2D eigenvalue weighted by molar-refractivity contribution is 0.326. The summed E-state index contributed by atoms with van der Waals surface area (Å²) in [6, 6.07) is 8.59. The average Bonchev–Trinajstić information content (AvgIpc) is 2.90. The van der Waals surface area contributed by atoms with E-state index in [4.69, 9.17) is 11.5 Å². The van der Waals surface area contributed by atoms with Crippen molar-refractivity contribution in [2.75, 3.05) is 11.5 Å². The summed E-state index contributed by atoms with van der Waals surface area (Å²) in [6.45, 7) is 4.39. The number of nitrogen functional groups attached to an aromatic ring is 2. The summed E-state index contributed by atoms with van der Waals surface area (Å²) < 4.78 is 0. The quantitative estimate of drug-likeness (QED) is 0.726. The van der Waals surface area contributed by atoms with Crippen molar-refractivity contribution in [1.29, 1.82) is 0 Å². The van der Waals surface area contributed by atoms with E-state index in [2.05, 4.69) is 38.1 Å². The fourth-order valence-electron chi connectivity index (χ4n) is 4.60. The Bertz CT molecular complexity index is 693.